The maximum absolute atomic E-state index is 11.3. The maximum Gasteiger partial charge on any atom is 0.211 e. The van der Waals surface area contributed by atoms with E-state index in [0.29, 0.717) is 19.0 Å². The molecule has 3 N–H and O–H groups in total. The number of thioether (sulfide) groups is 1. The summed E-state index contributed by atoms with van der Waals surface area (Å²) in [6.45, 7) is 3.22. The maximum atomic E-state index is 11.3. The smallest absolute Gasteiger partial charge is 0.211 e. The molecule has 0 aliphatic rings. The van der Waals surface area contributed by atoms with Crippen LogP contribution < -0.4 is 15.4 Å². The lowest BCUT2D eigenvalue weighted by atomic mass is 10.4. The van der Waals surface area contributed by atoms with Crippen LogP contribution in [0.4, 0.5) is 0 Å². The van der Waals surface area contributed by atoms with E-state index in [1.165, 1.54) is 4.90 Å². The molecule has 0 saturated carbocycles. The van der Waals surface area contributed by atoms with Crippen LogP contribution in [-0.2, 0) is 10.0 Å². The number of sulfonamides is 1. The van der Waals surface area contributed by atoms with Gasteiger partial charge in [0.15, 0.2) is 5.96 Å². The van der Waals surface area contributed by atoms with Crippen LogP contribution in [0, 0.1) is 0 Å². The second-order valence-corrected chi connectivity index (χ2v) is 7.65. The summed E-state index contributed by atoms with van der Waals surface area (Å²) >= 11 is 1.77. The van der Waals surface area contributed by atoms with Gasteiger partial charge in [0.25, 0.3) is 0 Å². The minimum atomic E-state index is -3.13. The van der Waals surface area contributed by atoms with Crippen LogP contribution in [0.3, 0.4) is 0 Å². The molecule has 22 heavy (non-hydrogen) atoms. The summed E-state index contributed by atoms with van der Waals surface area (Å²) < 4.78 is 25.0. The molecule has 124 valence electrons. The molecule has 0 aromatic heterocycles. The molecule has 1 aromatic carbocycles. The van der Waals surface area contributed by atoms with E-state index in [2.05, 4.69) is 32.5 Å². The Hall–Kier alpha value is -1.25. The SMILES string of the molecule is CCS(=O)(=O)NCCNC(=NC)NCCSc1ccccc1. The molecule has 1 rings (SSSR count). The van der Waals surface area contributed by atoms with Crippen LogP contribution >= 0.6 is 11.8 Å². The Kier molecular flexibility index (Phi) is 8.95. The highest BCUT2D eigenvalue weighted by atomic mass is 32.2. The number of nitrogens with one attached hydrogen (secondary N) is 3. The number of hydrogen-bond acceptors (Lipinski definition) is 4. The first-order chi connectivity index (χ1) is 10.6. The van der Waals surface area contributed by atoms with E-state index in [-0.39, 0.29) is 5.75 Å². The van der Waals surface area contributed by atoms with Gasteiger partial charge < -0.3 is 10.6 Å². The largest absolute Gasteiger partial charge is 0.356 e. The van der Waals surface area contributed by atoms with Gasteiger partial charge in [0.05, 0.1) is 5.75 Å². The van der Waals surface area contributed by atoms with Crippen LogP contribution in [0.5, 0.6) is 0 Å². The molecule has 0 aliphatic heterocycles. The highest BCUT2D eigenvalue weighted by molar-refractivity contribution is 7.99. The van der Waals surface area contributed by atoms with Gasteiger partial charge in [0.2, 0.25) is 10.0 Å². The van der Waals surface area contributed by atoms with Crippen LogP contribution in [0.25, 0.3) is 0 Å². The minimum absolute atomic E-state index is 0.0939. The number of guanidine groups is 1. The lowest BCUT2D eigenvalue weighted by Gasteiger charge is -2.12. The van der Waals surface area contributed by atoms with Gasteiger partial charge >= 0.3 is 0 Å². The summed E-state index contributed by atoms with van der Waals surface area (Å²) in [5, 5.41) is 6.26. The first-order valence-electron chi connectivity index (χ1n) is 7.17. The minimum Gasteiger partial charge on any atom is -0.356 e. The summed E-state index contributed by atoms with van der Waals surface area (Å²) in [5.74, 6) is 1.69. The van der Waals surface area contributed by atoms with E-state index in [1.54, 1.807) is 25.7 Å². The fraction of sp³-hybridized carbons (Fsp3) is 0.500. The molecular formula is C14H24N4O2S2. The van der Waals surface area contributed by atoms with Crippen molar-refractivity contribution in [3.8, 4) is 0 Å². The fourth-order valence-electron chi connectivity index (χ4n) is 1.57. The highest BCUT2D eigenvalue weighted by Crippen LogP contribution is 2.15. The van der Waals surface area contributed by atoms with E-state index >= 15 is 0 Å². The summed E-state index contributed by atoms with van der Waals surface area (Å²) in [7, 11) is -1.44. The molecule has 0 unspecified atom stereocenters. The lowest BCUT2D eigenvalue weighted by Crippen LogP contribution is -2.42. The first kappa shape index (κ1) is 18.8. The van der Waals surface area contributed by atoms with Gasteiger partial charge in [-0.3, -0.25) is 4.99 Å². The number of rotatable bonds is 9. The van der Waals surface area contributed by atoms with Crippen molar-refractivity contribution in [2.75, 3.05) is 38.2 Å². The van der Waals surface area contributed by atoms with Gasteiger partial charge in [-0.05, 0) is 19.1 Å². The average Bonchev–Trinajstić information content (AvgIpc) is 2.54. The van der Waals surface area contributed by atoms with Crippen molar-refractivity contribution >= 4 is 27.7 Å². The molecule has 1 aromatic rings. The van der Waals surface area contributed by atoms with Crippen molar-refractivity contribution in [1.82, 2.24) is 15.4 Å². The molecule has 0 heterocycles. The number of aliphatic imine (C=N–C) groups is 1. The Morgan fingerprint density at radius 1 is 1.14 bits per heavy atom. The summed E-state index contributed by atoms with van der Waals surface area (Å²) in [6, 6.07) is 10.2. The van der Waals surface area contributed by atoms with Crippen molar-refractivity contribution in [3.05, 3.63) is 30.3 Å². The standard InChI is InChI=1S/C14H24N4O2S2/c1-3-22(19,20)18-10-9-16-14(15-2)17-11-12-21-13-7-5-4-6-8-13/h4-8,18H,3,9-12H2,1-2H3,(H2,15,16,17). The van der Waals surface area contributed by atoms with E-state index < -0.39 is 10.0 Å². The third-order valence-corrected chi connectivity index (χ3v) is 5.17. The fourth-order valence-corrected chi connectivity index (χ4v) is 2.97. The average molecular weight is 345 g/mol. The number of hydrogen-bond donors (Lipinski definition) is 3. The highest BCUT2D eigenvalue weighted by Gasteiger charge is 2.04. The topological polar surface area (TPSA) is 82.6 Å². The van der Waals surface area contributed by atoms with Gasteiger partial charge in [0.1, 0.15) is 0 Å². The van der Waals surface area contributed by atoms with Crippen molar-refractivity contribution < 1.29 is 8.42 Å². The lowest BCUT2D eigenvalue weighted by molar-refractivity contribution is 0.582. The molecule has 0 bridgehead atoms. The van der Waals surface area contributed by atoms with Crippen molar-refractivity contribution in [2.45, 2.75) is 11.8 Å². The Morgan fingerprint density at radius 3 is 2.45 bits per heavy atom. The third kappa shape index (κ3) is 8.26. The molecule has 0 aliphatic carbocycles. The summed E-state index contributed by atoms with van der Waals surface area (Å²) in [5.41, 5.74) is 0. The zero-order chi connectivity index (χ0) is 16.3. The predicted molar refractivity (Wildman–Crippen MR) is 94.0 cm³/mol. The second-order valence-electron chi connectivity index (χ2n) is 4.39. The van der Waals surface area contributed by atoms with Crippen molar-refractivity contribution in [3.63, 3.8) is 0 Å². The van der Waals surface area contributed by atoms with Gasteiger partial charge in [0, 0.05) is 37.3 Å². The Bertz CT molecular complexity index is 547. The monoisotopic (exact) mass is 344 g/mol. The van der Waals surface area contributed by atoms with Crippen LogP contribution in [0.15, 0.2) is 40.2 Å². The van der Waals surface area contributed by atoms with E-state index in [4.69, 9.17) is 0 Å². The first-order valence-corrected chi connectivity index (χ1v) is 9.81. The molecule has 0 radical (unpaired) electrons. The van der Waals surface area contributed by atoms with Gasteiger partial charge in [-0.25, -0.2) is 13.1 Å². The van der Waals surface area contributed by atoms with Gasteiger partial charge in [-0.2, -0.15) is 0 Å². The van der Waals surface area contributed by atoms with E-state index in [9.17, 15) is 8.42 Å². The molecule has 0 spiro atoms. The van der Waals surface area contributed by atoms with Crippen LogP contribution in [0.2, 0.25) is 0 Å². The number of benzene rings is 1. The zero-order valence-corrected chi connectivity index (χ0v) is 14.6. The van der Waals surface area contributed by atoms with Crippen molar-refractivity contribution in [2.24, 2.45) is 4.99 Å². The van der Waals surface area contributed by atoms with E-state index in [1.807, 2.05) is 18.2 Å². The molecule has 6 nitrogen and oxygen atoms in total. The Morgan fingerprint density at radius 2 is 1.82 bits per heavy atom. The molecular weight excluding hydrogens is 320 g/mol. The van der Waals surface area contributed by atoms with Crippen molar-refractivity contribution in [1.29, 1.82) is 0 Å². The quantitative estimate of drug-likeness (QED) is 0.268. The normalized spacial score (nSPS) is 12.2. The molecule has 8 heteroatoms. The van der Waals surface area contributed by atoms with Crippen LogP contribution in [0.1, 0.15) is 6.92 Å². The molecule has 0 saturated heterocycles. The molecule has 0 atom stereocenters. The van der Waals surface area contributed by atoms with Gasteiger partial charge in [-0.15, -0.1) is 11.8 Å². The Labute approximate surface area is 137 Å². The van der Waals surface area contributed by atoms with E-state index in [0.717, 1.165) is 12.3 Å². The van der Waals surface area contributed by atoms with Gasteiger partial charge in [-0.1, -0.05) is 18.2 Å². The summed E-state index contributed by atoms with van der Waals surface area (Å²) in [6.07, 6.45) is 0. The Balaban J connectivity index is 2.15. The molecule has 0 fully saturated rings. The predicted octanol–water partition coefficient (Wildman–Crippen LogP) is 0.883. The third-order valence-electron chi connectivity index (χ3n) is 2.75. The molecule has 0 amide bonds. The zero-order valence-electron chi connectivity index (χ0n) is 13.0. The number of nitrogens with zero attached hydrogens (tertiary/aromatic N) is 1. The van der Waals surface area contributed by atoms with Crippen LogP contribution in [-0.4, -0.2) is 52.6 Å². The summed E-state index contributed by atoms with van der Waals surface area (Å²) in [4.78, 5) is 5.33. The second kappa shape index (κ2) is 10.5.